The number of likely N-dealkylation sites (tertiary alicyclic amines) is 1. The Morgan fingerprint density at radius 1 is 1.35 bits per heavy atom. The molecule has 1 aromatic carbocycles. The van der Waals surface area contributed by atoms with Crippen LogP contribution in [-0.4, -0.2) is 36.0 Å². The first kappa shape index (κ1) is 15.5. The Hall–Kier alpha value is -0.880. The molecule has 0 saturated carbocycles. The standard InChI is InChI=1S/C13H16ClN3O2.ClH/c14-12-1-2-13(17(18)19)9(3-12)6-16-7-10-4-15-5-11(10)8-16;/h1-3,10-11,15H,4-8H2;1H/t10-,11+;. The fourth-order valence-electron chi connectivity index (χ4n) is 3.18. The van der Waals surface area contributed by atoms with Crippen molar-refractivity contribution in [1.29, 1.82) is 0 Å². The van der Waals surface area contributed by atoms with Crippen molar-refractivity contribution in [2.75, 3.05) is 26.2 Å². The largest absolute Gasteiger partial charge is 0.316 e. The number of nitrogens with zero attached hydrogens (tertiary/aromatic N) is 2. The van der Waals surface area contributed by atoms with E-state index in [2.05, 4.69) is 10.2 Å². The number of hydrogen-bond acceptors (Lipinski definition) is 4. The van der Waals surface area contributed by atoms with Crippen molar-refractivity contribution >= 4 is 29.7 Å². The minimum atomic E-state index is -0.329. The van der Waals surface area contributed by atoms with Crippen LogP contribution in [0.4, 0.5) is 5.69 Å². The highest BCUT2D eigenvalue weighted by Gasteiger charge is 2.36. The zero-order valence-corrected chi connectivity index (χ0v) is 12.5. The molecule has 2 fully saturated rings. The lowest BCUT2D eigenvalue weighted by molar-refractivity contribution is -0.385. The van der Waals surface area contributed by atoms with Gasteiger partial charge in [-0.15, -0.1) is 12.4 Å². The van der Waals surface area contributed by atoms with Crippen LogP contribution >= 0.6 is 24.0 Å². The molecule has 20 heavy (non-hydrogen) atoms. The Kier molecular flexibility index (Phi) is 4.86. The lowest BCUT2D eigenvalue weighted by Gasteiger charge is -2.17. The molecule has 2 heterocycles. The second kappa shape index (κ2) is 6.26. The van der Waals surface area contributed by atoms with Crippen molar-refractivity contribution in [3.05, 3.63) is 38.9 Å². The molecule has 0 unspecified atom stereocenters. The lowest BCUT2D eigenvalue weighted by atomic mass is 10.0. The summed E-state index contributed by atoms with van der Waals surface area (Å²) in [6.07, 6.45) is 0. The number of hydrogen-bond donors (Lipinski definition) is 1. The predicted octanol–water partition coefficient (Wildman–Crippen LogP) is 2.32. The number of halogens is 2. The van der Waals surface area contributed by atoms with Crippen molar-refractivity contribution < 1.29 is 4.92 Å². The lowest BCUT2D eigenvalue weighted by Crippen LogP contribution is -2.25. The molecule has 110 valence electrons. The van der Waals surface area contributed by atoms with Crippen molar-refractivity contribution in [1.82, 2.24) is 10.2 Å². The number of nitro groups is 1. The van der Waals surface area contributed by atoms with E-state index >= 15 is 0 Å². The molecule has 0 bridgehead atoms. The van der Waals surface area contributed by atoms with E-state index in [1.54, 1.807) is 12.1 Å². The summed E-state index contributed by atoms with van der Waals surface area (Å²) in [5, 5.41) is 15.0. The van der Waals surface area contributed by atoms with Crippen LogP contribution in [0.5, 0.6) is 0 Å². The second-order valence-corrected chi connectivity index (χ2v) is 5.84. The summed E-state index contributed by atoms with van der Waals surface area (Å²) in [5.74, 6) is 1.39. The van der Waals surface area contributed by atoms with Crippen LogP contribution in [-0.2, 0) is 6.54 Å². The van der Waals surface area contributed by atoms with E-state index in [1.165, 1.54) is 6.07 Å². The summed E-state index contributed by atoms with van der Waals surface area (Å²) in [7, 11) is 0. The van der Waals surface area contributed by atoms with Crippen LogP contribution in [0.1, 0.15) is 5.56 Å². The van der Waals surface area contributed by atoms with Gasteiger partial charge in [-0.1, -0.05) is 11.6 Å². The second-order valence-electron chi connectivity index (χ2n) is 5.40. The van der Waals surface area contributed by atoms with Gasteiger partial charge in [0.05, 0.1) is 4.92 Å². The van der Waals surface area contributed by atoms with Crippen molar-refractivity contribution in [2.45, 2.75) is 6.54 Å². The van der Waals surface area contributed by atoms with E-state index in [0.29, 0.717) is 29.0 Å². The smallest absolute Gasteiger partial charge is 0.273 e. The predicted molar refractivity (Wildman–Crippen MR) is 80.5 cm³/mol. The Balaban J connectivity index is 0.00000147. The molecule has 7 heteroatoms. The van der Waals surface area contributed by atoms with Gasteiger partial charge in [-0.25, -0.2) is 0 Å². The van der Waals surface area contributed by atoms with Crippen LogP contribution < -0.4 is 5.32 Å². The summed E-state index contributed by atoms with van der Waals surface area (Å²) >= 11 is 5.95. The van der Waals surface area contributed by atoms with E-state index in [0.717, 1.165) is 26.2 Å². The Morgan fingerprint density at radius 2 is 2.00 bits per heavy atom. The Bertz CT molecular complexity index is 500. The quantitative estimate of drug-likeness (QED) is 0.686. The topological polar surface area (TPSA) is 58.4 Å². The maximum absolute atomic E-state index is 11.0. The highest BCUT2D eigenvalue weighted by atomic mass is 35.5. The van der Waals surface area contributed by atoms with Gasteiger partial charge in [-0.3, -0.25) is 15.0 Å². The summed E-state index contributed by atoms with van der Waals surface area (Å²) in [6.45, 7) is 4.78. The van der Waals surface area contributed by atoms with E-state index < -0.39 is 0 Å². The zero-order valence-electron chi connectivity index (χ0n) is 10.9. The SMILES string of the molecule is Cl.O=[N+]([O-])c1ccc(Cl)cc1CN1C[C@H]2CNC[C@H]2C1. The molecule has 3 rings (SSSR count). The molecule has 2 atom stereocenters. The molecule has 5 nitrogen and oxygen atoms in total. The first-order valence-electron chi connectivity index (χ1n) is 6.49. The Morgan fingerprint density at radius 3 is 2.60 bits per heavy atom. The molecular formula is C13H17Cl2N3O2. The zero-order chi connectivity index (χ0) is 13.4. The molecular weight excluding hydrogens is 301 g/mol. The molecule has 0 amide bonds. The molecule has 2 saturated heterocycles. The maximum atomic E-state index is 11.0. The molecule has 1 N–H and O–H groups in total. The van der Waals surface area contributed by atoms with Crippen LogP contribution in [0.3, 0.4) is 0 Å². The van der Waals surface area contributed by atoms with Crippen molar-refractivity contribution in [3.63, 3.8) is 0 Å². The number of rotatable bonds is 3. The first-order valence-corrected chi connectivity index (χ1v) is 6.87. The van der Waals surface area contributed by atoms with E-state index in [9.17, 15) is 10.1 Å². The first-order chi connectivity index (χ1) is 9.13. The van der Waals surface area contributed by atoms with Crippen LogP contribution in [0.15, 0.2) is 18.2 Å². The molecule has 2 aliphatic heterocycles. The molecule has 1 aromatic rings. The number of fused-ring (bicyclic) bond motifs is 1. The fraction of sp³-hybridized carbons (Fsp3) is 0.538. The van der Waals surface area contributed by atoms with Crippen LogP contribution in [0.25, 0.3) is 0 Å². The third-order valence-electron chi connectivity index (χ3n) is 4.10. The average Bonchev–Trinajstić information content (AvgIpc) is 2.89. The van der Waals surface area contributed by atoms with E-state index in [4.69, 9.17) is 11.6 Å². The van der Waals surface area contributed by atoms with Gasteiger partial charge in [-0.05, 0) is 37.1 Å². The summed E-state index contributed by atoms with van der Waals surface area (Å²) in [6, 6.07) is 4.79. The van der Waals surface area contributed by atoms with Gasteiger partial charge in [0.2, 0.25) is 0 Å². The number of benzene rings is 1. The highest BCUT2D eigenvalue weighted by molar-refractivity contribution is 6.30. The van der Waals surface area contributed by atoms with Crippen LogP contribution in [0.2, 0.25) is 5.02 Å². The molecule has 0 radical (unpaired) electrons. The summed E-state index contributed by atoms with van der Waals surface area (Å²) < 4.78 is 0. The monoisotopic (exact) mass is 317 g/mol. The minimum Gasteiger partial charge on any atom is -0.316 e. The molecule has 0 aromatic heterocycles. The number of nitro benzene ring substituents is 1. The normalized spacial score (nSPS) is 25.2. The molecule has 2 aliphatic rings. The van der Waals surface area contributed by atoms with Gasteiger partial charge < -0.3 is 5.32 Å². The van der Waals surface area contributed by atoms with Gasteiger partial charge >= 0.3 is 0 Å². The third kappa shape index (κ3) is 3.06. The van der Waals surface area contributed by atoms with Crippen molar-refractivity contribution in [3.8, 4) is 0 Å². The van der Waals surface area contributed by atoms with Gasteiger partial charge in [0.15, 0.2) is 0 Å². The summed E-state index contributed by atoms with van der Waals surface area (Å²) in [4.78, 5) is 13.0. The van der Waals surface area contributed by atoms with Crippen LogP contribution in [0, 0.1) is 22.0 Å². The fourth-order valence-corrected chi connectivity index (χ4v) is 3.38. The minimum absolute atomic E-state index is 0. The number of nitrogens with one attached hydrogen (secondary N) is 1. The Labute approximate surface area is 128 Å². The van der Waals surface area contributed by atoms with Gasteiger partial charge in [0, 0.05) is 36.3 Å². The molecule has 0 aliphatic carbocycles. The maximum Gasteiger partial charge on any atom is 0.273 e. The van der Waals surface area contributed by atoms with Gasteiger partial charge in [0.1, 0.15) is 0 Å². The highest BCUT2D eigenvalue weighted by Crippen LogP contribution is 2.30. The molecule has 0 spiro atoms. The van der Waals surface area contributed by atoms with Crippen molar-refractivity contribution in [2.24, 2.45) is 11.8 Å². The van der Waals surface area contributed by atoms with Gasteiger partial charge in [-0.2, -0.15) is 0 Å². The van der Waals surface area contributed by atoms with E-state index in [1.807, 2.05) is 0 Å². The van der Waals surface area contributed by atoms with Gasteiger partial charge in [0.25, 0.3) is 5.69 Å². The summed E-state index contributed by atoms with van der Waals surface area (Å²) in [5.41, 5.74) is 0.880. The van der Waals surface area contributed by atoms with E-state index in [-0.39, 0.29) is 23.0 Å². The average molecular weight is 318 g/mol. The third-order valence-corrected chi connectivity index (χ3v) is 4.33.